The van der Waals surface area contributed by atoms with Crippen LogP contribution in [0, 0.1) is 0 Å². The first kappa shape index (κ1) is 33.0. The Balaban J connectivity index is 1.33. The monoisotopic (exact) mass is 756 g/mol. The minimum atomic E-state index is -0.212. The van der Waals surface area contributed by atoms with Crippen molar-refractivity contribution in [2.45, 2.75) is 0 Å². The molecule has 0 fully saturated rings. The number of para-hydroxylation sites is 4. The number of pyridine rings is 1. The van der Waals surface area contributed by atoms with E-state index in [0.29, 0.717) is 17.0 Å². The van der Waals surface area contributed by atoms with Crippen LogP contribution >= 0.6 is 0 Å². The molecule has 0 radical (unpaired) electrons. The minimum absolute atomic E-state index is 0.212. The number of aromatic nitrogens is 6. The van der Waals surface area contributed by atoms with Crippen molar-refractivity contribution in [2.75, 3.05) is 0 Å². The molecule has 0 bridgehead atoms. The Morgan fingerprint density at radius 3 is 1.39 bits per heavy atom. The van der Waals surface area contributed by atoms with E-state index in [0.717, 1.165) is 82.4 Å². The fraction of sp³-hybridized carbons (Fsp3) is 0. The lowest BCUT2D eigenvalue weighted by Crippen LogP contribution is -2.23. The van der Waals surface area contributed by atoms with Gasteiger partial charge in [0.2, 0.25) is 5.95 Å². The van der Waals surface area contributed by atoms with Crippen LogP contribution in [0.25, 0.3) is 105 Å². The summed E-state index contributed by atoms with van der Waals surface area (Å²) in [5.74, 6) is 1.20. The molecule has 0 N–H and O–H groups in total. The first-order chi connectivity index (χ1) is 29.2. The summed E-state index contributed by atoms with van der Waals surface area (Å²) in [6, 6.07) is 65.9. The van der Waals surface area contributed by atoms with E-state index in [9.17, 15) is 0 Å². The maximum absolute atomic E-state index is 16.2. The van der Waals surface area contributed by atoms with E-state index in [-0.39, 0.29) is 11.5 Å². The van der Waals surface area contributed by atoms with Gasteiger partial charge in [0.15, 0.2) is 11.6 Å². The van der Waals surface area contributed by atoms with Crippen LogP contribution in [0.1, 0.15) is 0 Å². The smallest absolute Gasteiger partial charge is 0.266 e. The Morgan fingerprint density at radius 1 is 0.322 bits per heavy atom. The SMILES string of the molecule is O=c1c2c(ccc3c2c2ccccc2n3-c2ccccc2)c2ccc3c4ccccc4n(-c4ccccc4)c3c2n1-c1nc(-c2ccccc2)nc(-c2ccccc2)n1. The number of nitrogens with zero attached hydrogens (tertiary/aromatic N) is 6. The van der Waals surface area contributed by atoms with Crippen molar-refractivity contribution in [3.05, 3.63) is 204 Å². The standard InChI is InChI=1S/C52H32N6O/c59-51-46-38(31-32-44-45(46)41-26-14-16-28-43(41)56(44)35-21-9-3-10-22-35)40-30-29-39-37-25-13-15-27-42(37)57(36-23-11-4-12-24-36)47(39)48(40)58(51)52-54-49(33-17-5-1-6-18-33)53-50(55-52)34-19-7-2-8-20-34/h1-32H. The number of rotatable bonds is 5. The third kappa shape index (κ3) is 4.95. The normalized spacial score (nSPS) is 11.8. The van der Waals surface area contributed by atoms with Crippen LogP contribution in [-0.2, 0) is 0 Å². The molecule has 0 atom stereocenters. The summed E-state index contributed by atoms with van der Waals surface area (Å²) in [5.41, 5.74) is 8.04. The maximum atomic E-state index is 16.2. The maximum Gasteiger partial charge on any atom is 0.266 e. The topological polar surface area (TPSA) is 70.5 Å². The van der Waals surface area contributed by atoms with Crippen molar-refractivity contribution >= 4 is 65.3 Å². The highest BCUT2D eigenvalue weighted by Gasteiger charge is 2.26. The van der Waals surface area contributed by atoms with Gasteiger partial charge in [-0.15, -0.1) is 0 Å². The largest absolute Gasteiger partial charge is 0.309 e. The molecule has 12 aromatic rings. The molecule has 0 saturated carbocycles. The van der Waals surface area contributed by atoms with Crippen LogP contribution in [0.4, 0.5) is 0 Å². The van der Waals surface area contributed by atoms with Gasteiger partial charge in [0.25, 0.3) is 5.56 Å². The van der Waals surface area contributed by atoms with Crippen LogP contribution in [0.15, 0.2) is 199 Å². The first-order valence-electron chi connectivity index (χ1n) is 19.7. The highest BCUT2D eigenvalue weighted by molar-refractivity contribution is 6.28. The molecule has 4 aromatic heterocycles. The zero-order valence-corrected chi connectivity index (χ0v) is 31.6. The Hall–Kier alpha value is -8.16. The Morgan fingerprint density at radius 2 is 0.780 bits per heavy atom. The van der Waals surface area contributed by atoms with Gasteiger partial charge in [-0.3, -0.25) is 4.79 Å². The molecule has 7 nitrogen and oxygen atoms in total. The number of hydrogen-bond acceptors (Lipinski definition) is 4. The molecular formula is C52H32N6O. The second-order valence-electron chi connectivity index (χ2n) is 14.8. The van der Waals surface area contributed by atoms with Gasteiger partial charge in [-0.25, -0.2) is 9.55 Å². The molecule has 12 rings (SSSR count). The molecule has 0 aliphatic rings. The average Bonchev–Trinajstić information content (AvgIpc) is 3.83. The molecule has 0 spiro atoms. The van der Waals surface area contributed by atoms with E-state index in [1.807, 2.05) is 103 Å². The number of benzene rings is 8. The van der Waals surface area contributed by atoms with Gasteiger partial charge < -0.3 is 9.13 Å². The Bertz CT molecular complexity index is 3610. The molecule has 4 heterocycles. The van der Waals surface area contributed by atoms with E-state index >= 15 is 4.79 Å². The molecule has 0 aliphatic carbocycles. The number of fused-ring (bicyclic) bond motifs is 11. The van der Waals surface area contributed by atoms with Gasteiger partial charge in [0.05, 0.1) is 33.0 Å². The highest BCUT2D eigenvalue weighted by atomic mass is 16.1. The summed E-state index contributed by atoms with van der Waals surface area (Å²) < 4.78 is 6.28. The summed E-state index contributed by atoms with van der Waals surface area (Å²) in [6.45, 7) is 0. The molecule has 0 unspecified atom stereocenters. The third-order valence-electron chi connectivity index (χ3n) is 11.5. The highest BCUT2D eigenvalue weighted by Crippen LogP contribution is 2.42. The predicted octanol–water partition coefficient (Wildman–Crippen LogP) is 11.9. The number of hydrogen-bond donors (Lipinski definition) is 0. The fourth-order valence-electron chi connectivity index (χ4n) is 8.99. The van der Waals surface area contributed by atoms with E-state index in [2.05, 4.69) is 100 Å². The molecule has 7 heteroatoms. The molecule has 276 valence electrons. The third-order valence-corrected chi connectivity index (χ3v) is 11.5. The lowest BCUT2D eigenvalue weighted by molar-refractivity contribution is 0.908. The summed E-state index contributed by atoms with van der Waals surface area (Å²) in [6.07, 6.45) is 0. The van der Waals surface area contributed by atoms with Crippen molar-refractivity contribution in [3.63, 3.8) is 0 Å². The molecule has 8 aromatic carbocycles. The zero-order chi connectivity index (χ0) is 39.0. The molecular weight excluding hydrogens is 725 g/mol. The van der Waals surface area contributed by atoms with Crippen LogP contribution in [0.3, 0.4) is 0 Å². The van der Waals surface area contributed by atoms with E-state index in [1.54, 1.807) is 4.57 Å². The van der Waals surface area contributed by atoms with Crippen molar-refractivity contribution in [1.82, 2.24) is 28.7 Å². The summed E-state index contributed by atoms with van der Waals surface area (Å²) in [5, 5.41) is 6.35. The van der Waals surface area contributed by atoms with Crippen molar-refractivity contribution in [2.24, 2.45) is 0 Å². The predicted molar refractivity (Wildman–Crippen MR) is 240 cm³/mol. The van der Waals surface area contributed by atoms with Crippen LogP contribution < -0.4 is 5.56 Å². The first-order valence-corrected chi connectivity index (χ1v) is 19.7. The zero-order valence-electron chi connectivity index (χ0n) is 31.6. The Kier molecular flexibility index (Phi) is 7.24. The molecule has 0 saturated heterocycles. The quantitative estimate of drug-likeness (QED) is 0.164. The van der Waals surface area contributed by atoms with E-state index in [4.69, 9.17) is 15.0 Å². The molecule has 59 heavy (non-hydrogen) atoms. The second-order valence-corrected chi connectivity index (χ2v) is 14.8. The van der Waals surface area contributed by atoms with Gasteiger partial charge in [-0.2, -0.15) is 9.97 Å². The van der Waals surface area contributed by atoms with Gasteiger partial charge in [0.1, 0.15) is 0 Å². The van der Waals surface area contributed by atoms with E-state index < -0.39 is 0 Å². The summed E-state index contributed by atoms with van der Waals surface area (Å²) in [7, 11) is 0. The molecule has 0 amide bonds. The lowest BCUT2D eigenvalue weighted by Gasteiger charge is -2.17. The van der Waals surface area contributed by atoms with Gasteiger partial charge in [-0.05, 0) is 47.9 Å². The summed E-state index contributed by atoms with van der Waals surface area (Å²) >= 11 is 0. The van der Waals surface area contributed by atoms with E-state index in [1.165, 1.54) is 0 Å². The van der Waals surface area contributed by atoms with Gasteiger partial charge in [0, 0.05) is 49.4 Å². The average molecular weight is 757 g/mol. The fourth-order valence-corrected chi connectivity index (χ4v) is 8.99. The van der Waals surface area contributed by atoms with Crippen LogP contribution in [-0.4, -0.2) is 28.7 Å². The Labute approximate surface area is 337 Å². The van der Waals surface area contributed by atoms with Gasteiger partial charge >= 0.3 is 0 Å². The van der Waals surface area contributed by atoms with Crippen molar-refractivity contribution < 1.29 is 0 Å². The second kappa shape index (κ2) is 12.9. The van der Waals surface area contributed by atoms with Crippen LogP contribution in [0.2, 0.25) is 0 Å². The minimum Gasteiger partial charge on any atom is -0.309 e. The van der Waals surface area contributed by atoms with Crippen molar-refractivity contribution in [1.29, 1.82) is 0 Å². The lowest BCUT2D eigenvalue weighted by atomic mass is 9.99. The summed E-state index contributed by atoms with van der Waals surface area (Å²) in [4.78, 5) is 31.6. The molecule has 0 aliphatic heterocycles. The van der Waals surface area contributed by atoms with Crippen LogP contribution in [0.5, 0.6) is 0 Å². The van der Waals surface area contributed by atoms with Gasteiger partial charge in [-0.1, -0.05) is 152 Å². The van der Waals surface area contributed by atoms with Crippen molar-refractivity contribution in [3.8, 4) is 40.1 Å².